The lowest BCUT2D eigenvalue weighted by Crippen LogP contribution is -2.37. The van der Waals surface area contributed by atoms with Crippen LogP contribution in [0.1, 0.15) is 0 Å². The van der Waals surface area contributed by atoms with Gasteiger partial charge < -0.3 is 24.6 Å². The summed E-state index contributed by atoms with van der Waals surface area (Å²) >= 11 is 0. The molecule has 0 radical (unpaired) electrons. The Bertz CT molecular complexity index is 1020. The van der Waals surface area contributed by atoms with E-state index in [1.165, 1.54) is 0 Å². The van der Waals surface area contributed by atoms with Crippen LogP contribution in [-0.4, -0.2) is 66.4 Å². The van der Waals surface area contributed by atoms with Crippen LogP contribution in [0.4, 0.5) is 23.4 Å². The number of hydrogen-bond donors (Lipinski definition) is 1. The smallest absolute Gasteiger partial charge is 0.232 e. The van der Waals surface area contributed by atoms with Crippen molar-refractivity contribution in [3.05, 3.63) is 42.7 Å². The third kappa shape index (κ3) is 3.59. The largest absolute Gasteiger partial charge is 0.490 e. The van der Waals surface area contributed by atoms with Crippen LogP contribution in [-0.2, 0) is 4.74 Å². The van der Waals surface area contributed by atoms with Crippen LogP contribution in [0, 0.1) is 0 Å². The lowest BCUT2D eigenvalue weighted by atomic mass is 10.2. The molecular weight excluding hydrogens is 382 g/mol. The minimum Gasteiger partial charge on any atom is -0.490 e. The Kier molecular flexibility index (Phi) is 5.02. The number of para-hydroxylation sites is 2. The van der Waals surface area contributed by atoms with Gasteiger partial charge in [-0.05, 0) is 12.1 Å². The van der Waals surface area contributed by atoms with Gasteiger partial charge in [-0.2, -0.15) is 4.98 Å². The predicted molar refractivity (Wildman–Crippen MR) is 115 cm³/mol. The second-order valence-electron chi connectivity index (χ2n) is 7.02. The van der Waals surface area contributed by atoms with Crippen molar-refractivity contribution >= 4 is 23.4 Å². The molecule has 5 rings (SSSR count). The molecule has 0 unspecified atom stereocenters. The standard InChI is InChI=1S/C21H23N7O2/c1-22-20-23-13-15(14-24-20)16-12-19(27-6-9-29-10-7-27)26-21(25-16)28-8-11-30-18-5-3-2-4-17(18)28/h2-5,12-14H,6-11H2,1H3,(H,22,23,24). The van der Waals surface area contributed by atoms with Crippen molar-refractivity contribution in [3.63, 3.8) is 0 Å². The number of aromatic nitrogens is 4. The van der Waals surface area contributed by atoms with E-state index in [2.05, 4.69) is 25.1 Å². The van der Waals surface area contributed by atoms with Crippen molar-refractivity contribution in [1.29, 1.82) is 0 Å². The van der Waals surface area contributed by atoms with E-state index in [-0.39, 0.29) is 0 Å². The summed E-state index contributed by atoms with van der Waals surface area (Å²) in [5.41, 5.74) is 2.59. The second-order valence-corrected chi connectivity index (χ2v) is 7.02. The zero-order valence-corrected chi connectivity index (χ0v) is 16.8. The van der Waals surface area contributed by atoms with E-state index in [0.29, 0.717) is 38.3 Å². The quantitative estimate of drug-likeness (QED) is 0.702. The lowest BCUT2D eigenvalue weighted by Gasteiger charge is -2.32. The number of ether oxygens (including phenoxy) is 2. The van der Waals surface area contributed by atoms with Gasteiger partial charge in [0.05, 0.1) is 31.1 Å². The molecule has 2 aliphatic heterocycles. The molecule has 0 saturated carbocycles. The van der Waals surface area contributed by atoms with Crippen molar-refractivity contribution < 1.29 is 9.47 Å². The molecule has 154 valence electrons. The first-order valence-corrected chi connectivity index (χ1v) is 10.0. The van der Waals surface area contributed by atoms with Crippen LogP contribution in [0.25, 0.3) is 11.3 Å². The first-order valence-electron chi connectivity index (χ1n) is 10.0. The van der Waals surface area contributed by atoms with E-state index in [0.717, 1.165) is 41.6 Å². The maximum atomic E-state index is 5.81. The monoisotopic (exact) mass is 405 g/mol. The molecule has 1 fully saturated rings. The highest BCUT2D eigenvalue weighted by molar-refractivity contribution is 5.70. The molecule has 1 saturated heterocycles. The van der Waals surface area contributed by atoms with E-state index in [1.54, 1.807) is 19.4 Å². The summed E-state index contributed by atoms with van der Waals surface area (Å²) in [6.45, 7) is 4.23. The molecule has 0 amide bonds. The van der Waals surface area contributed by atoms with Crippen LogP contribution in [0.2, 0.25) is 0 Å². The van der Waals surface area contributed by atoms with Crippen LogP contribution in [0.5, 0.6) is 5.75 Å². The summed E-state index contributed by atoms with van der Waals surface area (Å²) in [5, 5.41) is 2.94. The fraction of sp³-hybridized carbons (Fsp3) is 0.333. The van der Waals surface area contributed by atoms with Crippen molar-refractivity contribution in [3.8, 4) is 17.0 Å². The summed E-state index contributed by atoms with van der Waals surface area (Å²) in [4.78, 5) is 22.8. The van der Waals surface area contributed by atoms with Gasteiger partial charge in [0.2, 0.25) is 11.9 Å². The highest BCUT2D eigenvalue weighted by Crippen LogP contribution is 2.36. The van der Waals surface area contributed by atoms with Gasteiger partial charge in [-0.15, -0.1) is 0 Å². The maximum Gasteiger partial charge on any atom is 0.232 e. The van der Waals surface area contributed by atoms with Gasteiger partial charge >= 0.3 is 0 Å². The van der Waals surface area contributed by atoms with Gasteiger partial charge in [0.25, 0.3) is 0 Å². The fourth-order valence-corrected chi connectivity index (χ4v) is 3.61. The molecule has 0 atom stereocenters. The Balaban J connectivity index is 1.59. The topological polar surface area (TPSA) is 88.5 Å². The van der Waals surface area contributed by atoms with Crippen LogP contribution in [0.15, 0.2) is 42.7 Å². The first-order chi connectivity index (χ1) is 14.8. The van der Waals surface area contributed by atoms with Crippen molar-refractivity contribution in [1.82, 2.24) is 19.9 Å². The van der Waals surface area contributed by atoms with E-state index in [9.17, 15) is 0 Å². The molecule has 9 heteroatoms. The normalized spacial score (nSPS) is 16.0. The second kappa shape index (κ2) is 8.11. The highest BCUT2D eigenvalue weighted by Gasteiger charge is 2.24. The molecule has 3 aromatic rings. The Morgan fingerprint density at radius 3 is 2.57 bits per heavy atom. The molecule has 0 spiro atoms. The number of benzene rings is 1. The number of nitrogens with zero attached hydrogens (tertiary/aromatic N) is 6. The van der Waals surface area contributed by atoms with E-state index < -0.39 is 0 Å². The van der Waals surface area contributed by atoms with Gasteiger partial charge in [-0.25, -0.2) is 15.0 Å². The third-order valence-electron chi connectivity index (χ3n) is 5.18. The summed E-state index contributed by atoms with van der Waals surface area (Å²) in [7, 11) is 1.80. The number of hydrogen-bond acceptors (Lipinski definition) is 9. The third-order valence-corrected chi connectivity index (χ3v) is 5.18. The SMILES string of the molecule is CNc1ncc(-c2cc(N3CCOCC3)nc(N3CCOc4ccccc43)n2)cn1. The predicted octanol–water partition coefficient (Wildman–Crippen LogP) is 2.34. The zero-order chi connectivity index (χ0) is 20.3. The number of anilines is 4. The fourth-order valence-electron chi connectivity index (χ4n) is 3.61. The van der Waals surface area contributed by atoms with Crippen molar-refractivity contribution in [2.75, 3.05) is 61.6 Å². The molecule has 30 heavy (non-hydrogen) atoms. The van der Waals surface area contributed by atoms with Crippen molar-refractivity contribution in [2.45, 2.75) is 0 Å². The average molecular weight is 405 g/mol. The van der Waals surface area contributed by atoms with Gasteiger partial charge in [0.15, 0.2) is 0 Å². The maximum absolute atomic E-state index is 5.81. The molecule has 2 aliphatic rings. The summed E-state index contributed by atoms with van der Waals surface area (Å²) < 4.78 is 11.3. The zero-order valence-electron chi connectivity index (χ0n) is 16.8. The Morgan fingerprint density at radius 2 is 1.77 bits per heavy atom. The molecule has 0 bridgehead atoms. The number of morpholine rings is 1. The Hall–Kier alpha value is -3.46. The number of nitrogens with one attached hydrogen (secondary N) is 1. The van der Waals surface area contributed by atoms with Gasteiger partial charge in [-0.3, -0.25) is 0 Å². The Morgan fingerprint density at radius 1 is 0.967 bits per heavy atom. The minimum atomic E-state index is 0.573. The number of fused-ring (bicyclic) bond motifs is 1. The molecule has 1 aromatic carbocycles. The van der Waals surface area contributed by atoms with Crippen molar-refractivity contribution in [2.24, 2.45) is 0 Å². The Labute approximate surface area is 174 Å². The first kappa shape index (κ1) is 18.6. The van der Waals surface area contributed by atoms with Crippen LogP contribution >= 0.6 is 0 Å². The highest BCUT2D eigenvalue weighted by atomic mass is 16.5. The summed E-state index contributed by atoms with van der Waals surface area (Å²) in [6.07, 6.45) is 3.56. The summed E-state index contributed by atoms with van der Waals surface area (Å²) in [5.74, 6) is 2.93. The van der Waals surface area contributed by atoms with Crippen LogP contribution < -0.4 is 19.9 Å². The lowest BCUT2D eigenvalue weighted by molar-refractivity contribution is 0.122. The molecule has 1 N–H and O–H groups in total. The molecule has 4 heterocycles. The molecular formula is C21H23N7O2. The van der Waals surface area contributed by atoms with Gasteiger partial charge in [-0.1, -0.05) is 12.1 Å². The molecule has 0 aliphatic carbocycles. The van der Waals surface area contributed by atoms with E-state index >= 15 is 0 Å². The van der Waals surface area contributed by atoms with Crippen LogP contribution in [0.3, 0.4) is 0 Å². The minimum absolute atomic E-state index is 0.573. The number of rotatable bonds is 4. The van der Waals surface area contributed by atoms with Gasteiger partial charge in [0, 0.05) is 44.2 Å². The molecule has 2 aromatic heterocycles. The van der Waals surface area contributed by atoms with E-state index in [4.69, 9.17) is 19.4 Å². The van der Waals surface area contributed by atoms with E-state index in [1.807, 2.05) is 30.3 Å². The van der Waals surface area contributed by atoms with Gasteiger partial charge in [0.1, 0.15) is 18.2 Å². The molecule has 9 nitrogen and oxygen atoms in total. The summed E-state index contributed by atoms with van der Waals surface area (Å²) in [6, 6.07) is 9.97. The average Bonchev–Trinajstić information content (AvgIpc) is 2.84.